The fourth-order valence-corrected chi connectivity index (χ4v) is 2.26. The van der Waals surface area contributed by atoms with Crippen LogP contribution >= 0.6 is 0 Å². The van der Waals surface area contributed by atoms with E-state index in [9.17, 15) is 4.79 Å². The summed E-state index contributed by atoms with van der Waals surface area (Å²) in [5.74, 6) is -0.0696. The molecule has 1 aliphatic rings. The standard InChI is InChI=1S/C15H18N4O2/c20-15(14-10-16-7-8-21-14)17-9-11-1-3-12(4-2-11)13-5-6-18-19-13/h1-6,14,16H,7-10H2,(H,17,20)(H,18,19). The Morgan fingerprint density at radius 3 is 2.86 bits per heavy atom. The van der Waals surface area contributed by atoms with Crippen molar-refractivity contribution in [1.29, 1.82) is 0 Å². The highest BCUT2D eigenvalue weighted by Crippen LogP contribution is 2.16. The molecule has 0 radical (unpaired) electrons. The van der Waals surface area contributed by atoms with E-state index < -0.39 is 0 Å². The maximum absolute atomic E-state index is 11.9. The molecule has 1 amide bonds. The normalized spacial score (nSPS) is 18.4. The average Bonchev–Trinajstić information content (AvgIpc) is 3.08. The molecule has 2 heterocycles. The second-order valence-corrected chi connectivity index (χ2v) is 4.95. The van der Waals surface area contributed by atoms with Gasteiger partial charge in [0, 0.05) is 25.8 Å². The quantitative estimate of drug-likeness (QED) is 0.772. The van der Waals surface area contributed by atoms with E-state index in [1.165, 1.54) is 0 Å². The summed E-state index contributed by atoms with van der Waals surface area (Å²) in [4.78, 5) is 11.9. The minimum Gasteiger partial charge on any atom is -0.366 e. The van der Waals surface area contributed by atoms with Gasteiger partial charge in [-0.3, -0.25) is 9.89 Å². The van der Waals surface area contributed by atoms with Gasteiger partial charge in [0.1, 0.15) is 6.10 Å². The molecule has 0 bridgehead atoms. The number of nitrogens with one attached hydrogen (secondary N) is 3. The molecule has 0 spiro atoms. The number of benzene rings is 1. The van der Waals surface area contributed by atoms with E-state index in [-0.39, 0.29) is 12.0 Å². The molecule has 6 nitrogen and oxygen atoms in total. The minimum absolute atomic E-state index is 0.0696. The third-order valence-corrected chi connectivity index (χ3v) is 3.45. The van der Waals surface area contributed by atoms with Crippen molar-refractivity contribution in [2.24, 2.45) is 0 Å². The number of morpholine rings is 1. The van der Waals surface area contributed by atoms with Gasteiger partial charge in [-0.25, -0.2) is 0 Å². The molecule has 2 aromatic rings. The lowest BCUT2D eigenvalue weighted by molar-refractivity contribution is -0.134. The molecule has 6 heteroatoms. The highest BCUT2D eigenvalue weighted by atomic mass is 16.5. The van der Waals surface area contributed by atoms with Crippen molar-refractivity contribution in [3.05, 3.63) is 42.1 Å². The van der Waals surface area contributed by atoms with Crippen LogP contribution in [-0.4, -0.2) is 41.9 Å². The highest BCUT2D eigenvalue weighted by molar-refractivity contribution is 5.81. The molecule has 1 atom stereocenters. The molecule has 1 aromatic heterocycles. The van der Waals surface area contributed by atoms with Crippen molar-refractivity contribution in [3.8, 4) is 11.3 Å². The zero-order valence-electron chi connectivity index (χ0n) is 11.6. The van der Waals surface area contributed by atoms with Gasteiger partial charge < -0.3 is 15.4 Å². The number of hydrogen-bond donors (Lipinski definition) is 3. The van der Waals surface area contributed by atoms with Crippen LogP contribution in [0, 0.1) is 0 Å². The van der Waals surface area contributed by atoms with Crippen LogP contribution < -0.4 is 10.6 Å². The number of carbonyl (C=O) groups is 1. The van der Waals surface area contributed by atoms with Gasteiger partial charge in [-0.05, 0) is 17.2 Å². The Labute approximate surface area is 122 Å². The van der Waals surface area contributed by atoms with E-state index >= 15 is 0 Å². The molecular weight excluding hydrogens is 268 g/mol. The molecule has 0 aliphatic carbocycles. The average molecular weight is 286 g/mol. The molecule has 1 aromatic carbocycles. The van der Waals surface area contributed by atoms with Gasteiger partial charge in [0.15, 0.2) is 0 Å². The zero-order valence-corrected chi connectivity index (χ0v) is 11.6. The Bertz CT molecular complexity index is 574. The second kappa shape index (κ2) is 6.51. The SMILES string of the molecule is O=C(NCc1ccc(-c2ccn[nH]2)cc1)C1CNCCO1. The molecule has 21 heavy (non-hydrogen) atoms. The lowest BCUT2D eigenvalue weighted by Crippen LogP contribution is -2.47. The summed E-state index contributed by atoms with van der Waals surface area (Å²) >= 11 is 0. The van der Waals surface area contributed by atoms with E-state index in [1.807, 2.05) is 30.3 Å². The third kappa shape index (κ3) is 3.48. The maximum atomic E-state index is 11.9. The Hall–Kier alpha value is -2.18. The van der Waals surface area contributed by atoms with Crippen LogP contribution in [0.1, 0.15) is 5.56 Å². The van der Waals surface area contributed by atoms with Gasteiger partial charge in [0.25, 0.3) is 5.91 Å². The number of ether oxygens (including phenoxy) is 1. The van der Waals surface area contributed by atoms with Gasteiger partial charge >= 0.3 is 0 Å². The Balaban J connectivity index is 1.54. The molecule has 1 fully saturated rings. The number of aromatic nitrogens is 2. The van der Waals surface area contributed by atoms with Crippen molar-refractivity contribution >= 4 is 5.91 Å². The summed E-state index contributed by atoms with van der Waals surface area (Å²) in [6.07, 6.45) is 1.34. The Kier molecular flexibility index (Phi) is 4.28. The van der Waals surface area contributed by atoms with Crippen LogP contribution in [0.5, 0.6) is 0 Å². The zero-order chi connectivity index (χ0) is 14.5. The number of carbonyl (C=O) groups excluding carboxylic acids is 1. The molecule has 3 N–H and O–H groups in total. The van der Waals surface area contributed by atoms with Crippen molar-refractivity contribution in [2.75, 3.05) is 19.7 Å². The summed E-state index contributed by atoms with van der Waals surface area (Å²) < 4.78 is 5.41. The van der Waals surface area contributed by atoms with E-state index in [1.54, 1.807) is 6.20 Å². The smallest absolute Gasteiger partial charge is 0.250 e. The number of aromatic amines is 1. The van der Waals surface area contributed by atoms with Crippen LogP contribution in [0.4, 0.5) is 0 Å². The molecule has 1 aliphatic heterocycles. The Morgan fingerprint density at radius 1 is 1.33 bits per heavy atom. The van der Waals surface area contributed by atoms with Gasteiger partial charge in [0.05, 0.1) is 12.3 Å². The third-order valence-electron chi connectivity index (χ3n) is 3.45. The first kappa shape index (κ1) is 13.8. The molecule has 3 rings (SSSR count). The monoisotopic (exact) mass is 286 g/mol. The van der Waals surface area contributed by atoms with Crippen LogP contribution in [0.25, 0.3) is 11.3 Å². The summed E-state index contributed by atoms with van der Waals surface area (Å²) in [5.41, 5.74) is 3.10. The van der Waals surface area contributed by atoms with Crippen molar-refractivity contribution in [1.82, 2.24) is 20.8 Å². The number of hydrogen-bond acceptors (Lipinski definition) is 4. The number of H-pyrrole nitrogens is 1. The lowest BCUT2D eigenvalue weighted by Gasteiger charge is -2.22. The molecule has 110 valence electrons. The molecule has 1 unspecified atom stereocenters. The van der Waals surface area contributed by atoms with Gasteiger partial charge in [-0.15, -0.1) is 0 Å². The van der Waals surface area contributed by atoms with Crippen molar-refractivity contribution in [3.63, 3.8) is 0 Å². The summed E-state index contributed by atoms with van der Waals surface area (Å²) in [7, 11) is 0. The van der Waals surface area contributed by atoms with Crippen LogP contribution in [-0.2, 0) is 16.1 Å². The highest BCUT2D eigenvalue weighted by Gasteiger charge is 2.21. The minimum atomic E-state index is -0.386. The van der Waals surface area contributed by atoms with Gasteiger partial charge in [0.2, 0.25) is 0 Å². The van der Waals surface area contributed by atoms with Crippen molar-refractivity contribution < 1.29 is 9.53 Å². The van der Waals surface area contributed by atoms with Gasteiger partial charge in [-0.1, -0.05) is 24.3 Å². The van der Waals surface area contributed by atoms with E-state index in [2.05, 4.69) is 20.8 Å². The molecule has 0 saturated carbocycles. The second-order valence-electron chi connectivity index (χ2n) is 4.95. The first-order valence-corrected chi connectivity index (χ1v) is 7.01. The van der Waals surface area contributed by atoms with Crippen LogP contribution in [0.2, 0.25) is 0 Å². The first-order chi connectivity index (χ1) is 10.3. The van der Waals surface area contributed by atoms with Crippen LogP contribution in [0.15, 0.2) is 36.5 Å². The predicted octanol–water partition coefficient (Wildman–Crippen LogP) is 0.681. The summed E-state index contributed by atoms with van der Waals surface area (Å²) in [6.45, 7) is 2.46. The van der Waals surface area contributed by atoms with Crippen LogP contribution in [0.3, 0.4) is 0 Å². The first-order valence-electron chi connectivity index (χ1n) is 7.01. The topological polar surface area (TPSA) is 79.0 Å². The Morgan fingerprint density at radius 2 is 2.19 bits per heavy atom. The van der Waals surface area contributed by atoms with Gasteiger partial charge in [-0.2, -0.15) is 5.10 Å². The fraction of sp³-hybridized carbons (Fsp3) is 0.333. The van der Waals surface area contributed by atoms with E-state index in [0.29, 0.717) is 19.7 Å². The van der Waals surface area contributed by atoms with Crippen molar-refractivity contribution in [2.45, 2.75) is 12.6 Å². The molecule has 1 saturated heterocycles. The number of amides is 1. The summed E-state index contributed by atoms with van der Waals surface area (Å²) in [6, 6.07) is 9.93. The number of rotatable bonds is 4. The largest absolute Gasteiger partial charge is 0.366 e. The van der Waals surface area contributed by atoms with E-state index in [4.69, 9.17) is 4.74 Å². The predicted molar refractivity (Wildman–Crippen MR) is 78.5 cm³/mol. The molecular formula is C15H18N4O2. The maximum Gasteiger partial charge on any atom is 0.250 e. The lowest BCUT2D eigenvalue weighted by atomic mass is 10.1. The van der Waals surface area contributed by atoms with E-state index in [0.717, 1.165) is 23.4 Å². The number of nitrogens with zero attached hydrogens (tertiary/aromatic N) is 1. The summed E-state index contributed by atoms with van der Waals surface area (Å²) in [5, 5.41) is 12.9. The fourth-order valence-electron chi connectivity index (χ4n) is 2.26.